The molecule has 0 fully saturated rings. The van der Waals surface area contributed by atoms with Crippen LogP contribution >= 0.6 is 0 Å². The van der Waals surface area contributed by atoms with Gasteiger partial charge < -0.3 is 99.8 Å². The second-order valence-electron chi connectivity index (χ2n) is 21.8. The highest BCUT2D eigenvalue weighted by atomic mass is 16.4. The van der Waals surface area contributed by atoms with E-state index in [-0.39, 0.29) is 24.7 Å². The number of carbonyl (C=O) groups excluding carboxylic acids is 10. The summed E-state index contributed by atoms with van der Waals surface area (Å²) in [6, 6.07) is -18.4. The number of rotatable bonds is 40. The molecule has 0 aromatic heterocycles. The standard InChI is InChI=1S/C52H91N11O21/c1-12-13-14-29(53)42(73)58-34(21-64)47(78)57-32(19-22(2)3)45(76)56-33(20-23(4)5)46(77)61-38(25(8)65)49(80)55-30(15-17-35(69)70)43(74)59-37(24(6)7)48(79)54-31(16-18-36(71)72)44(75)60-39(26(9)66)50(81)62-40(27(10)67)51(82)63-41(28(11)68)52(83)84/h22-34,37-41,64-68H,12-21,53H2,1-11H3,(H,54,79)(H,55,80)(H,56,76)(H,57,78)(H,58,73)(H,59,74)(H,60,75)(H,61,77)(H,62,81)(H,63,82)(H,69,70)(H,71,72)(H,83,84)/t25-,26-,27-,28-,29+,30+,31+,32+,33+,34+,37+,38+,39+,40+,41+/m1/s1. The number of aliphatic hydroxyl groups is 5. The Bertz CT molecular complexity index is 2250. The van der Waals surface area contributed by atoms with Crippen molar-refractivity contribution in [2.24, 2.45) is 23.5 Å². The second kappa shape index (κ2) is 37.9. The summed E-state index contributed by atoms with van der Waals surface area (Å²) < 4.78 is 0. The van der Waals surface area contributed by atoms with Crippen LogP contribution in [0.1, 0.15) is 134 Å². The number of nitrogens with two attached hydrogens (primary N) is 1. The Balaban J connectivity index is 6.75. The molecule has 32 nitrogen and oxygen atoms in total. The largest absolute Gasteiger partial charge is 0.481 e. The van der Waals surface area contributed by atoms with Crippen molar-refractivity contribution >= 4 is 77.0 Å². The van der Waals surface area contributed by atoms with Gasteiger partial charge in [-0.05, 0) is 77.6 Å². The van der Waals surface area contributed by atoms with Crippen LogP contribution in [0.15, 0.2) is 0 Å². The van der Waals surface area contributed by atoms with Gasteiger partial charge in [0.15, 0.2) is 6.04 Å². The van der Waals surface area contributed by atoms with Gasteiger partial charge in [0.05, 0.1) is 37.1 Å². The van der Waals surface area contributed by atoms with Gasteiger partial charge in [-0.15, -0.1) is 0 Å². The van der Waals surface area contributed by atoms with E-state index in [2.05, 4.69) is 47.9 Å². The van der Waals surface area contributed by atoms with Crippen molar-refractivity contribution in [3.8, 4) is 0 Å². The molecule has 20 N–H and O–H groups in total. The van der Waals surface area contributed by atoms with Crippen LogP contribution in [0, 0.1) is 17.8 Å². The number of amides is 10. The molecule has 0 unspecified atom stereocenters. The Hall–Kier alpha value is -7.13. The third-order valence-corrected chi connectivity index (χ3v) is 12.7. The van der Waals surface area contributed by atoms with E-state index in [4.69, 9.17) is 5.73 Å². The van der Waals surface area contributed by atoms with E-state index in [1.54, 1.807) is 27.7 Å². The average molecular weight is 1210 g/mol. The predicted octanol–water partition coefficient (Wildman–Crippen LogP) is -5.57. The molecule has 0 saturated carbocycles. The molecule has 0 spiro atoms. The second-order valence-corrected chi connectivity index (χ2v) is 21.8. The maximum Gasteiger partial charge on any atom is 0.328 e. The highest BCUT2D eigenvalue weighted by Gasteiger charge is 2.39. The molecule has 0 aromatic rings. The molecule has 0 heterocycles. The first kappa shape index (κ1) is 76.9. The van der Waals surface area contributed by atoms with Gasteiger partial charge in [0, 0.05) is 12.8 Å². The van der Waals surface area contributed by atoms with Crippen molar-refractivity contribution in [2.45, 2.75) is 225 Å². The first-order chi connectivity index (χ1) is 38.9. The third kappa shape index (κ3) is 28.0. The van der Waals surface area contributed by atoms with Crippen LogP contribution in [0.5, 0.6) is 0 Å². The smallest absolute Gasteiger partial charge is 0.328 e. The number of hydrogen-bond donors (Lipinski definition) is 19. The molecule has 0 saturated heterocycles. The quantitative estimate of drug-likeness (QED) is 0.0272. The normalized spacial score (nSPS) is 16.8. The Kier molecular flexibility index (Phi) is 34.7. The van der Waals surface area contributed by atoms with Gasteiger partial charge in [0.2, 0.25) is 59.1 Å². The number of carbonyl (C=O) groups is 13. The van der Waals surface area contributed by atoms with Gasteiger partial charge in [-0.3, -0.25) is 57.5 Å². The minimum Gasteiger partial charge on any atom is -0.481 e. The minimum absolute atomic E-state index is 0.00334. The molecule has 0 radical (unpaired) electrons. The van der Waals surface area contributed by atoms with Crippen LogP contribution in [0.3, 0.4) is 0 Å². The highest BCUT2D eigenvalue weighted by molar-refractivity contribution is 5.99. The van der Waals surface area contributed by atoms with E-state index in [1.165, 1.54) is 13.8 Å². The fourth-order valence-corrected chi connectivity index (χ4v) is 7.96. The van der Waals surface area contributed by atoms with E-state index < -0.39 is 206 Å². The molecule has 84 heavy (non-hydrogen) atoms. The molecule has 0 rings (SSSR count). The Labute approximate surface area is 487 Å². The molecule has 15 atom stereocenters. The highest BCUT2D eigenvalue weighted by Crippen LogP contribution is 2.13. The summed E-state index contributed by atoms with van der Waals surface area (Å²) >= 11 is 0. The SMILES string of the molecule is CCCC[C@H](N)C(=O)N[C@@H](CO)C(=O)N[C@@H](CC(C)C)C(=O)N[C@@H](CC(C)C)C(=O)N[C@H](C(=O)N[C@@H](CCC(=O)O)C(=O)N[C@H](C(=O)N[C@@H](CCC(=O)O)C(=O)N[C@H](C(=O)N[C@H](C(=O)N[C@H](C(=O)O)[C@@H](C)O)[C@@H](C)O)[C@@H](C)O)C(C)C)[C@@H](C)O. The first-order valence-corrected chi connectivity index (χ1v) is 27.7. The molecule has 0 aliphatic rings. The Morgan fingerprint density at radius 1 is 0.369 bits per heavy atom. The number of carboxylic acid groups (broad SMARTS) is 3. The van der Waals surface area contributed by atoms with E-state index in [1.807, 2.05) is 12.2 Å². The predicted molar refractivity (Wildman–Crippen MR) is 296 cm³/mol. The first-order valence-electron chi connectivity index (χ1n) is 27.7. The zero-order chi connectivity index (χ0) is 65.0. The van der Waals surface area contributed by atoms with E-state index in [0.717, 1.165) is 34.1 Å². The van der Waals surface area contributed by atoms with Gasteiger partial charge in [-0.1, -0.05) is 61.3 Å². The summed E-state index contributed by atoms with van der Waals surface area (Å²) in [6.07, 6.45) is -8.25. The van der Waals surface area contributed by atoms with Crippen molar-refractivity contribution in [1.82, 2.24) is 53.2 Å². The Morgan fingerprint density at radius 3 is 0.976 bits per heavy atom. The van der Waals surface area contributed by atoms with Gasteiger partial charge in [0.25, 0.3) is 0 Å². The van der Waals surface area contributed by atoms with Crippen molar-refractivity contribution in [3.63, 3.8) is 0 Å². The van der Waals surface area contributed by atoms with Crippen LogP contribution in [0.25, 0.3) is 0 Å². The summed E-state index contributed by atoms with van der Waals surface area (Å²) in [6.45, 7) is 14.9. The summed E-state index contributed by atoms with van der Waals surface area (Å²) in [5.74, 6) is -17.2. The number of aliphatic carboxylic acids is 3. The molecule has 10 amide bonds. The van der Waals surface area contributed by atoms with Crippen molar-refractivity contribution < 1.29 is 103 Å². The minimum atomic E-state index is -2.01. The van der Waals surface area contributed by atoms with Crippen molar-refractivity contribution in [2.75, 3.05) is 6.61 Å². The van der Waals surface area contributed by atoms with Gasteiger partial charge in [-0.2, -0.15) is 0 Å². The fourth-order valence-electron chi connectivity index (χ4n) is 7.96. The zero-order valence-electron chi connectivity index (χ0n) is 49.4. The van der Waals surface area contributed by atoms with Gasteiger partial charge >= 0.3 is 17.9 Å². The Morgan fingerprint density at radius 2 is 0.655 bits per heavy atom. The molecule has 0 aliphatic heterocycles. The van der Waals surface area contributed by atoms with Crippen LogP contribution < -0.4 is 58.9 Å². The fraction of sp³-hybridized carbons (Fsp3) is 0.750. The number of carboxylic acids is 3. The monoisotopic (exact) mass is 1210 g/mol. The zero-order valence-corrected chi connectivity index (χ0v) is 49.4. The van der Waals surface area contributed by atoms with Crippen LogP contribution in [0.4, 0.5) is 0 Å². The van der Waals surface area contributed by atoms with Crippen LogP contribution in [-0.4, -0.2) is 215 Å². The van der Waals surface area contributed by atoms with Crippen LogP contribution in [0.2, 0.25) is 0 Å². The maximum absolute atomic E-state index is 14.0. The summed E-state index contributed by atoms with van der Waals surface area (Å²) in [5, 5.41) is 103. The summed E-state index contributed by atoms with van der Waals surface area (Å²) in [4.78, 5) is 171. The average Bonchev–Trinajstić information content (AvgIpc) is 3.61. The van der Waals surface area contributed by atoms with E-state index in [9.17, 15) is 103 Å². The lowest BCUT2D eigenvalue weighted by Crippen LogP contribution is -2.63. The molecule has 0 aliphatic carbocycles. The van der Waals surface area contributed by atoms with E-state index in [0.29, 0.717) is 12.8 Å². The number of aliphatic hydroxyl groups excluding tert-OH is 5. The summed E-state index contributed by atoms with van der Waals surface area (Å²) in [5.41, 5.74) is 5.93. The third-order valence-electron chi connectivity index (χ3n) is 12.7. The van der Waals surface area contributed by atoms with Crippen molar-refractivity contribution in [3.05, 3.63) is 0 Å². The molecule has 480 valence electrons. The van der Waals surface area contributed by atoms with E-state index >= 15 is 0 Å². The molecule has 32 heteroatoms. The van der Waals surface area contributed by atoms with Gasteiger partial charge in [-0.25, -0.2) is 4.79 Å². The lowest BCUT2D eigenvalue weighted by molar-refractivity contribution is -0.146. The maximum atomic E-state index is 14.0. The number of unbranched alkanes of at least 4 members (excludes halogenated alkanes) is 1. The number of hydrogen-bond acceptors (Lipinski definition) is 19. The molecular formula is C52H91N11O21. The topological polar surface area (TPSA) is 530 Å². The molecule has 0 bridgehead atoms. The van der Waals surface area contributed by atoms with Crippen molar-refractivity contribution in [1.29, 1.82) is 0 Å². The summed E-state index contributed by atoms with van der Waals surface area (Å²) in [7, 11) is 0. The lowest BCUT2D eigenvalue weighted by atomic mass is 9.99. The van der Waals surface area contributed by atoms with Gasteiger partial charge in [0.1, 0.15) is 54.4 Å². The van der Waals surface area contributed by atoms with Crippen LogP contribution in [-0.2, 0) is 62.3 Å². The molecular weight excluding hydrogens is 1110 g/mol. The lowest BCUT2D eigenvalue weighted by Gasteiger charge is -2.30. The number of nitrogens with one attached hydrogen (secondary N) is 10. The molecule has 0 aromatic carbocycles.